The number of esters is 4. The minimum Gasteiger partial charge on any atom is -0.494 e. The van der Waals surface area contributed by atoms with E-state index < -0.39 is 29.6 Å². The van der Waals surface area contributed by atoms with E-state index in [9.17, 15) is 24.3 Å². The van der Waals surface area contributed by atoms with Crippen molar-refractivity contribution < 1.29 is 57.4 Å². The van der Waals surface area contributed by atoms with Gasteiger partial charge in [-0.05, 0) is 149 Å². The van der Waals surface area contributed by atoms with Crippen molar-refractivity contribution in [2.75, 3.05) is 33.0 Å². The fourth-order valence-electron chi connectivity index (χ4n) is 6.42. The van der Waals surface area contributed by atoms with E-state index in [1.807, 2.05) is 74.5 Å². The topological polar surface area (TPSA) is 153 Å². The summed E-state index contributed by atoms with van der Waals surface area (Å²) in [7, 11) is 0. The Balaban J connectivity index is 1.23. The Bertz CT molecular complexity index is 2350. The largest absolute Gasteiger partial charge is 0.494 e. The number of hydrogen-bond acceptors (Lipinski definition) is 12. The van der Waals surface area contributed by atoms with Crippen LogP contribution < -0.4 is 18.9 Å². The second-order valence-electron chi connectivity index (χ2n) is 16.8. The molecule has 67 heavy (non-hydrogen) atoms. The normalized spacial score (nSPS) is 11.6. The van der Waals surface area contributed by atoms with Crippen molar-refractivity contribution >= 4 is 30.0 Å². The Labute approximate surface area is 394 Å². The fourth-order valence-corrected chi connectivity index (χ4v) is 6.42. The zero-order chi connectivity index (χ0) is 48.9. The molecule has 0 aliphatic rings. The van der Waals surface area contributed by atoms with Crippen LogP contribution >= 0.6 is 0 Å². The Hall–Kier alpha value is -6.92. The average Bonchev–Trinajstić information content (AvgIpc) is 3.31. The van der Waals surface area contributed by atoms with Crippen molar-refractivity contribution in [3.8, 4) is 34.1 Å². The summed E-state index contributed by atoms with van der Waals surface area (Å²) < 4.78 is 39.4. The van der Waals surface area contributed by atoms with E-state index in [1.165, 1.54) is 6.08 Å². The molecule has 0 saturated heterocycles. The third-order valence-corrected chi connectivity index (χ3v) is 10.5. The smallest absolute Gasteiger partial charge is 0.336 e. The Kier molecular flexibility index (Phi) is 20.7. The molecule has 4 rings (SSSR count). The van der Waals surface area contributed by atoms with Crippen molar-refractivity contribution in [1.82, 2.24) is 0 Å². The summed E-state index contributed by atoms with van der Waals surface area (Å²) in [6.07, 6.45) is 6.44. The van der Waals surface area contributed by atoms with Gasteiger partial charge in [0.05, 0.1) is 19.8 Å². The molecule has 12 heteroatoms. The second kappa shape index (κ2) is 26.3. The first-order valence-corrected chi connectivity index (χ1v) is 22.4. The number of carbonyl (C=O) groups is 4. The van der Waals surface area contributed by atoms with Gasteiger partial charge < -0.3 is 38.3 Å². The van der Waals surface area contributed by atoms with Crippen LogP contribution in [-0.4, -0.2) is 62.0 Å². The third kappa shape index (κ3) is 17.8. The van der Waals surface area contributed by atoms with Crippen LogP contribution in [0.15, 0.2) is 127 Å². The SMILES string of the molecule is C=C(C)C(=O)OCCCCCCOc1ccc(C(O)Oc2ccc(OC(=O)/C=C/c3ccc(-c4ccc(OCCC(C)(COC(=O)C(=C)C)COC(=O)C(=C)C)cc4)cc3)c(C)c2)c(CC)c1. The maximum Gasteiger partial charge on any atom is 0.336 e. The molecule has 1 atom stereocenters. The van der Waals surface area contributed by atoms with Crippen LogP contribution in [-0.2, 0) is 39.8 Å². The molecule has 0 aliphatic heterocycles. The van der Waals surface area contributed by atoms with Gasteiger partial charge in [-0.3, -0.25) is 0 Å². The Morgan fingerprint density at radius 2 is 1.19 bits per heavy atom. The fraction of sp³-hybridized carbons (Fsp3) is 0.345. The first kappa shape index (κ1) is 52.7. The second-order valence-corrected chi connectivity index (χ2v) is 16.8. The predicted octanol–water partition coefficient (Wildman–Crippen LogP) is 11.0. The number of aryl methyl sites for hydroxylation is 2. The number of ether oxygens (including phenoxy) is 7. The van der Waals surface area contributed by atoms with Crippen LogP contribution in [0.2, 0.25) is 0 Å². The van der Waals surface area contributed by atoms with Crippen LogP contribution in [0, 0.1) is 12.3 Å². The molecule has 0 aliphatic carbocycles. The summed E-state index contributed by atoms with van der Waals surface area (Å²) >= 11 is 0. The number of hydrogen-bond donors (Lipinski definition) is 1. The monoisotopic (exact) mass is 916 g/mol. The summed E-state index contributed by atoms with van der Waals surface area (Å²) in [5, 5.41) is 11.0. The van der Waals surface area contributed by atoms with Crippen LogP contribution in [0.25, 0.3) is 17.2 Å². The minimum absolute atomic E-state index is 0.0207. The molecule has 0 saturated carbocycles. The first-order valence-electron chi connectivity index (χ1n) is 22.4. The maximum atomic E-state index is 12.8. The molecule has 0 radical (unpaired) electrons. The van der Waals surface area contributed by atoms with Gasteiger partial charge in [0.1, 0.15) is 36.2 Å². The summed E-state index contributed by atoms with van der Waals surface area (Å²) in [6, 6.07) is 25.8. The van der Waals surface area contributed by atoms with Gasteiger partial charge in [0.15, 0.2) is 0 Å². The summed E-state index contributed by atoms with van der Waals surface area (Å²) in [6.45, 7) is 22.5. The highest BCUT2D eigenvalue weighted by atomic mass is 16.6. The van der Waals surface area contributed by atoms with Gasteiger partial charge in [-0.15, -0.1) is 0 Å². The van der Waals surface area contributed by atoms with Gasteiger partial charge in [0.25, 0.3) is 0 Å². The first-order chi connectivity index (χ1) is 32.0. The van der Waals surface area contributed by atoms with E-state index in [0.717, 1.165) is 47.9 Å². The highest BCUT2D eigenvalue weighted by Crippen LogP contribution is 2.31. The van der Waals surface area contributed by atoms with Crippen molar-refractivity contribution in [3.63, 3.8) is 0 Å². The average molecular weight is 917 g/mol. The summed E-state index contributed by atoms with van der Waals surface area (Å²) in [4.78, 5) is 48.4. The lowest BCUT2D eigenvalue weighted by Crippen LogP contribution is -2.33. The van der Waals surface area contributed by atoms with E-state index in [1.54, 1.807) is 58.0 Å². The highest BCUT2D eigenvalue weighted by molar-refractivity contribution is 5.89. The van der Waals surface area contributed by atoms with Crippen molar-refractivity contribution in [2.24, 2.45) is 5.41 Å². The quantitative estimate of drug-likeness (QED) is 0.0151. The van der Waals surface area contributed by atoms with E-state index in [4.69, 9.17) is 33.2 Å². The lowest BCUT2D eigenvalue weighted by Gasteiger charge is -2.28. The number of aliphatic hydroxyl groups excluding tert-OH is 1. The van der Waals surface area contributed by atoms with Gasteiger partial charge in [-0.25, -0.2) is 19.2 Å². The Morgan fingerprint density at radius 1 is 0.657 bits per heavy atom. The number of rotatable bonds is 27. The zero-order valence-corrected chi connectivity index (χ0v) is 39.7. The molecule has 4 aromatic rings. The molecule has 12 nitrogen and oxygen atoms in total. The molecule has 0 heterocycles. The van der Waals surface area contributed by atoms with Crippen LogP contribution in [0.1, 0.15) is 95.3 Å². The zero-order valence-electron chi connectivity index (χ0n) is 39.7. The molecular formula is C55H64O12. The molecule has 0 spiro atoms. The summed E-state index contributed by atoms with van der Waals surface area (Å²) in [5.41, 5.74) is 5.17. The van der Waals surface area contributed by atoms with E-state index in [2.05, 4.69) is 19.7 Å². The number of aliphatic hydroxyl groups is 1. The molecule has 0 aromatic heterocycles. The highest BCUT2D eigenvalue weighted by Gasteiger charge is 2.29. The number of benzene rings is 4. The molecule has 1 unspecified atom stereocenters. The van der Waals surface area contributed by atoms with Gasteiger partial charge in [0.2, 0.25) is 6.29 Å². The van der Waals surface area contributed by atoms with E-state index in [0.29, 0.717) is 65.8 Å². The molecule has 1 N–H and O–H groups in total. The van der Waals surface area contributed by atoms with E-state index >= 15 is 0 Å². The van der Waals surface area contributed by atoms with Gasteiger partial charge in [-0.1, -0.05) is 70.0 Å². The van der Waals surface area contributed by atoms with Gasteiger partial charge >= 0.3 is 23.9 Å². The molecular weight excluding hydrogens is 853 g/mol. The van der Waals surface area contributed by atoms with Crippen molar-refractivity contribution in [1.29, 1.82) is 0 Å². The predicted molar refractivity (Wildman–Crippen MR) is 259 cm³/mol. The number of unbranched alkanes of at least 4 members (excludes halogenated alkanes) is 3. The number of carbonyl (C=O) groups excluding carboxylic acids is 4. The van der Waals surface area contributed by atoms with Gasteiger partial charge in [0, 0.05) is 33.8 Å². The molecule has 0 fully saturated rings. The van der Waals surface area contributed by atoms with Crippen molar-refractivity contribution in [2.45, 2.75) is 86.4 Å². The van der Waals surface area contributed by atoms with Gasteiger partial charge in [-0.2, -0.15) is 0 Å². The Morgan fingerprint density at radius 3 is 1.78 bits per heavy atom. The molecule has 356 valence electrons. The molecule has 0 amide bonds. The van der Waals surface area contributed by atoms with Crippen LogP contribution in [0.4, 0.5) is 0 Å². The molecule has 0 bridgehead atoms. The van der Waals surface area contributed by atoms with Crippen LogP contribution in [0.3, 0.4) is 0 Å². The maximum absolute atomic E-state index is 12.8. The lowest BCUT2D eigenvalue weighted by molar-refractivity contribution is -0.149. The van der Waals surface area contributed by atoms with Crippen LogP contribution in [0.5, 0.6) is 23.0 Å². The van der Waals surface area contributed by atoms with E-state index in [-0.39, 0.29) is 36.9 Å². The lowest BCUT2D eigenvalue weighted by atomic mass is 9.89. The van der Waals surface area contributed by atoms with Crippen molar-refractivity contribution in [3.05, 3.63) is 150 Å². The minimum atomic E-state index is -1.22. The molecule has 4 aromatic carbocycles. The standard InChI is InChI=1S/C55H64O12/c1-10-42-34-46(61-30-13-11-12-14-31-63-51(57)37(2)3)24-26-48(42)54(60)66-47-25-27-49(40(8)33-47)67-50(56)28-17-41-15-18-43(19-16-41)44-20-22-45(23-21-44)62-32-29-55(9,35-64-52(58)38(4)5)36-65-53(59)39(6)7/h15-28,33-34,54,60H,2,4,6,10-14,29-32,35-36H2,1,3,5,7-9H3/b28-17+. The third-order valence-electron chi connectivity index (χ3n) is 10.5. The summed E-state index contributed by atoms with van der Waals surface area (Å²) in [5.74, 6) is 0.198.